The van der Waals surface area contributed by atoms with E-state index < -0.39 is 5.41 Å². The van der Waals surface area contributed by atoms with Crippen LogP contribution in [0.3, 0.4) is 0 Å². The third kappa shape index (κ3) is 5.86. The lowest BCUT2D eigenvalue weighted by Gasteiger charge is -2.34. The third-order valence-corrected chi connectivity index (χ3v) is 14.1. The molecule has 2 aliphatic rings. The van der Waals surface area contributed by atoms with Gasteiger partial charge in [-0.25, -0.2) is 0 Å². The Labute approximate surface area is 379 Å². The van der Waals surface area contributed by atoms with Gasteiger partial charge in [0.25, 0.3) is 0 Å². The average Bonchev–Trinajstić information content (AvgIpc) is 3.77. The maximum atomic E-state index is 2.53. The standard InChI is InChI=1S/C64H43N/c1-4-15-43(16-5-1)44-27-29-45(30-28-44)47-18-14-19-48-40-50(32-31-49(48)39-47)51-34-38-62-59(41-51)58-36-33-46-17-10-11-24-55(46)63(58)65(62)54-35-37-57-56-25-12-13-26-60(56)64(61(57)42-54,52-20-6-2-7-21-52)53-22-8-3-9-23-53/h1-38,40-42H,39H2. The zero-order chi connectivity index (χ0) is 42.9. The number of hydrogen-bond acceptors (Lipinski definition) is 0. The third-order valence-electron chi connectivity index (χ3n) is 14.1. The molecule has 1 aromatic heterocycles. The van der Waals surface area contributed by atoms with Gasteiger partial charge in [0, 0.05) is 21.8 Å². The molecule has 0 unspecified atom stereocenters. The van der Waals surface area contributed by atoms with E-state index in [-0.39, 0.29) is 0 Å². The van der Waals surface area contributed by atoms with Crippen LogP contribution in [0, 0.1) is 0 Å². The molecule has 0 radical (unpaired) electrons. The fourth-order valence-corrected chi connectivity index (χ4v) is 11.1. The summed E-state index contributed by atoms with van der Waals surface area (Å²) in [7, 11) is 0. The number of benzene rings is 10. The Bertz CT molecular complexity index is 3660. The van der Waals surface area contributed by atoms with Crippen molar-refractivity contribution in [2.45, 2.75) is 11.8 Å². The Morgan fingerprint density at radius 3 is 1.83 bits per heavy atom. The van der Waals surface area contributed by atoms with Crippen molar-refractivity contribution in [2.24, 2.45) is 0 Å². The smallest absolute Gasteiger partial charge is 0.0714 e. The van der Waals surface area contributed by atoms with Gasteiger partial charge in [-0.15, -0.1) is 0 Å². The van der Waals surface area contributed by atoms with Crippen LogP contribution in [-0.2, 0) is 11.8 Å². The molecule has 13 rings (SSSR count). The second kappa shape index (κ2) is 14.9. The first-order valence-corrected chi connectivity index (χ1v) is 22.7. The van der Waals surface area contributed by atoms with E-state index in [9.17, 15) is 0 Å². The van der Waals surface area contributed by atoms with Crippen molar-refractivity contribution in [1.82, 2.24) is 4.57 Å². The van der Waals surface area contributed by atoms with Crippen LogP contribution in [0.4, 0.5) is 0 Å². The number of hydrogen-bond donors (Lipinski definition) is 0. The first kappa shape index (κ1) is 37.3. The van der Waals surface area contributed by atoms with E-state index >= 15 is 0 Å². The van der Waals surface area contributed by atoms with E-state index in [0.29, 0.717) is 0 Å². The Morgan fingerprint density at radius 1 is 0.400 bits per heavy atom. The summed E-state index contributed by atoms with van der Waals surface area (Å²) in [6, 6.07) is 85.6. The fourth-order valence-electron chi connectivity index (χ4n) is 11.1. The molecule has 65 heavy (non-hydrogen) atoms. The molecule has 10 aromatic carbocycles. The molecule has 11 aromatic rings. The molecule has 0 saturated carbocycles. The summed E-state index contributed by atoms with van der Waals surface area (Å²) in [6.45, 7) is 0. The largest absolute Gasteiger partial charge is 0.309 e. The van der Waals surface area contributed by atoms with Crippen molar-refractivity contribution in [3.63, 3.8) is 0 Å². The Hall–Kier alpha value is -8.26. The summed E-state index contributed by atoms with van der Waals surface area (Å²) in [5.74, 6) is 0. The average molecular weight is 826 g/mol. The molecule has 1 heteroatoms. The molecular weight excluding hydrogens is 783 g/mol. The van der Waals surface area contributed by atoms with E-state index in [0.717, 1.165) is 12.1 Å². The van der Waals surface area contributed by atoms with Crippen LogP contribution < -0.4 is 0 Å². The van der Waals surface area contributed by atoms with Crippen LogP contribution in [0.1, 0.15) is 38.9 Å². The summed E-state index contributed by atoms with van der Waals surface area (Å²) in [6.07, 6.45) is 7.66. The van der Waals surface area contributed by atoms with Gasteiger partial charge < -0.3 is 4.57 Å². The maximum Gasteiger partial charge on any atom is 0.0714 e. The molecule has 1 nitrogen and oxygen atoms in total. The van der Waals surface area contributed by atoms with Crippen molar-refractivity contribution in [1.29, 1.82) is 0 Å². The van der Waals surface area contributed by atoms with Gasteiger partial charge in [-0.2, -0.15) is 0 Å². The van der Waals surface area contributed by atoms with Crippen molar-refractivity contribution in [2.75, 3.05) is 0 Å². The molecule has 0 fully saturated rings. The molecule has 1 heterocycles. The molecule has 0 amide bonds. The summed E-state index contributed by atoms with van der Waals surface area (Å²) in [4.78, 5) is 0. The lowest BCUT2D eigenvalue weighted by atomic mass is 9.67. The number of allylic oxidation sites excluding steroid dienone is 3. The van der Waals surface area contributed by atoms with Crippen molar-refractivity contribution < 1.29 is 0 Å². The second-order valence-electron chi connectivity index (χ2n) is 17.6. The van der Waals surface area contributed by atoms with Crippen molar-refractivity contribution in [3.05, 3.63) is 282 Å². The van der Waals surface area contributed by atoms with Gasteiger partial charge in [-0.1, -0.05) is 218 Å². The highest BCUT2D eigenvalue weighted by molar-refractivity contribution is 6.19. The number of nitrogens with zero attached hydrogens (tertiary/aromatic N) is 1. The molecule has 0 atom stereocenters. The summed E-state index contributed by atoms with van der Waals surface area (Å²) in [5.41, 5.74) is 21.0. The van der Waals surface area contributed by atoms with Gasteiger partial charge in [-0.3, -0.25) is 0 Å². The lowest BCUT2D eigenvalue weighted by molar-refractivity contribution is 0.767. The highest BCUT2D eigenvalue weighted by Crippen LogP contribution is 2.56. The number of rotatable bonds is 6. The quantitative estimate of drug-likeness (QED) is 0.157. The van der Waals surface area contributed by atoms with Gasteiger partial charge in [0.05, 0.1) is 16.4 Å². The van der Waals surface area contributed by atoms with Crippen molar-refractivity contribution in [3.8, 4) is 39.1 Å². The van der Waals surface area contributed by atoms with E-state index in [1.54, 1.807) is 0 Å². The SMILES string of the molecule is C1=Cc2cc(-c3ccc4c(c3)c3ccc5ccccc5c3n4-c3ccc4c(c3)C(c3ccccc3)(c3ccccc3)c3ccccc3-4)ccc2CC(c2ccc(-c3ccccc3)cc2)=C1. The van der Waals surface area contributed by atoms with Crippen molar-refractivity contribution >= 4 is 44.2 Å². The van der Waals surface area contributed by atoms with E-state index in [1.807, 2.05) is 0 Å². The zero-order valence-electron chi connectivity index (χ0n) is 35.8. The van der Waals surface area contributed by atoms with Crippen LogP contribution in [-0.4, -0.2) is 4.57 Å². The topological polar surface area (TPSA) is 4.93 Å². The van der Waals surface area contributed by atoms with Crippen LogP contribution >= 0.6 is 0 Å². The van der Waals surface area contributed by atoms with Gasteiger partial charge >= 0.3 is 0 Å². The Balaban J connectivity index is 0.943. The van der Waals surface area contributed by atoms with Gasteiger partial charge in [0.15, 0.2) is 0 Å². The molecule has 0 spiro atoms. The van der Waals surface area contributed by atoms with Crippen LogP contribution in [0.5, 0.6) is 0 Å². The molecule has 0 N–H and O–H groups in total. The predicted molar refractivity (Wildman–Crippen MR) is 274 cm³/mol. The summed E-state index contributed by atoms with van der Waals surface area (Å²) >= 11 is 0. The summed E-state index contributed by atoms with van der Waals surface area (Å²) < 4.78 is 2.53. The van der Waals surface area contributed by atoms with Crippen LogP contribution in [0.25, 0.3) is 83.3 Å². The Kier molecular flexibility index (Phi) is 8.57. The molecular formula is C64H43N. The van der Waals surface area contributed by atoms with E-state index in [2.05, 4.69) is 253 Å². The molecule has 0 bridgehead atoms. The maximum absolute atomic E-state index is 2.53. The first-order chi connectivity index (χ1) is 32.2. The predicted octanol–water partition coefficient (Wildman–Crippen LogP) is 16.3. The minimum Gasteiger partial charge on any atom is -0.309 e. The Morgan fingerprint density at radius 2 is 1.03 bits per heavy atom. The number of aromatic nitrogens is 1. The highest BCUT2D eigenvalue weighted by Gasteiger charge is 2.46. The van der Waals surface area contributed by atoms with E-state index in [4.69, 9.17) is 0 Å². The highest BCUT2D eigenvalue weighted by atomic mass is 15.0. The second-order valence-corrected chi connectivity index (χ2v) is 17.6. The first-order valence-electron chi connectivity index (χ1n) is 22.7. The lowest BCUT2D eigenvalue weighted by Crippen LogP contribution is -2.28. The van der Waals surface area contributed by atoms with E-state index in [1.165, 1.54) is 110 Å². The van der Waals surface area contributed by atoms with Crippen LogP contribution in [0.15, 0.2) is 243 Å². The molecule has 0 saturated heterocycles. The summed E-state index contributed by atoms with van der Waals surface area (Å²) in [5, 5.41) is 4.98. The minimum atomic E-state index is -0.485. The molecule has 2 aliphatic carbocycles. The molecule has 0 aliphatic heterocycles. The van der Waals surface area contributed by atoms with Gasteiger partial charge in [-0.05, 0) is 120 Å². The normalized spacial score (nSPS) is 13.6. The van der Waals surface area contributed by atoms with Gasteiger partial charge in [0.2, 0.25) is 0 Å². The molecule has 304 valence electrons. The fraction of sp³-hybridized carbons (Fsp3) is 0.0312. The minimum absolute atomic E-state index is 0.485. The zero-order valence-corrected chi connectivity index (χ0v) is 35.8. The van der Waals surface area contributed by atoms with Crippen LogP contribution in [0.2, 0.25) is 0 Å². The van der Waals surface area contributed by atoms with Gasteiger partial charge in [0.1, 0.15) is 0 Å². The number of fused-ring (bicyclic) bond motifs is 9. The monoisotopic (exact) mass is 825 g/mol.